The van der Waals surface area contributed by atoms with Gasteiger partial charge in [0.15, 0.2) is 0 Å². The molecule has 2 rings (SSSR count). The highest BCUT2D eigenvalue weighted by molar-refractivity contribution is 9.10. The summed E-state index contributed by atoms with van der Waals surface area (Å²) in [4.78, 5) is 11.5. The standard InChI is InChI=1S/C12H12BrClO/c13-11-5-4-10(14)7-9(11)6-8-2-1-3-12(8)15/h4-5,7-8H,1-3,6H2. The molecule has 15 heavy (non-hydrogen) atoms. The Hall–Kier alpha value is -0.340. The summed E-state index contributed by atoms with van der Waals surface area (Å²) in [5.74, 6) is 0.613. The third-order valence-corrected chi connectivity index (χ3v) is 3.91. The summed E-state index contributed by atoms with van der Waals surface area (Å²) >= 11 is 9.42. The molecule has 0 aliphatic heterocycles. The van der Waals surface area contributed by atoms with Crippen LogP contribution in [0.15, 0.2) is 22.7 Å². The van der Waals surface area contributed by atoms with Crippen LogP contribution in [0.3, 0.4) is 0 Å². The molecule has 1 saturated carbocycles. The van der Waals surface area contributed by atoms with Gasteiger partial charge in [0, 0.05) is 21.8 Å². The van der Waals surface area contributed by atoms with Crippen LogP contribution >= 0.6 is 27.5 Å². The third kappa shape index (κ3) is 2.61. The molecule has 1 nitrogen and oxygen atoms in total. The van der Waals surface area contributed by atoms with Crippen molar-refractivity contribution in [2.45, 2.75) is 25.7 Å². The van der Waals surface area contributed by atoms with Gasteiger partial charge in [-0.05, 0) is 43.0 Å². The number of carbonyl (C=O) groups excluding carboxylic acids is 1. The van der Waals surface area contributed by atoms with Crippen molar-refractivity contribution < 1.29 is 4.79 Å². The summed E-state index contributed by atoms with van der Waals surface area (Å²) in [6.07, 6.45) is 3.64. The zero-order valence-corrected chi connectivity index (χ0v) is 10.6. The summed E-state index contributed by atoms with van der Waals surface area (Å²) in [6, 6.07) is 5.74. The van der Waals surface area contributed by atoms with Crippen LogP contribution in [0.4, 0.5) is 0 Å². The highest BCUT2D eigenvalue weighted by Gasteiger charge is 2.24. The monoisotopic (exact) mass is 286 g/mol. The van der Waals surface area contributed by atoms with E-state index in [9.17, 15) is 4.79 Å². The average Bonchev–Trinajstić information content (AvgIpc) is 2.58. The van der Waals surface area contributed by atoms with Gasteiger partial charge in [-0.2, -0.15) is 0 Å². The summed E-state index contributed by atoms with van der Waals surface area (Å²) in [7, 11) is 0. The van der Waals surface area contributed by atoms with Gasteiger partial charge in [-0.15, -0.1) is 0 Å². The predicted molar refractivity (Wildman–Crippen MR) is 65.2 cm³/mol. The molecule has 1 aliphatic carbocycles. The van der Waals surface area contributed by atoms with Crippen LogP contribution in [-0.4, -0.2) is 5.78 Å². The maximum atomic E-state index is 11.5. The lowest BCUT2D eigenvalue weighted by Crippen LogP contribution is -2.09. The van der Waals surface area contributed by atoms with Crippen LogP contribution in [-0.2, 0) is 11.2 Å². The smallest absolute Gasteiger partial charge is 0.136 e. The van der Waals surface area contributed by atoms with Gasteiger partial charge in [0.25, 0.3) is 0 Å². The zero-order chi connectivity index (χ0) is 10.8. The second-order valence-electron chi connectivity index (χ2n) is 4.00. The van der Waals surface area contributed by atoms with Gasteiger partial charge in [0.05, 0.1) is 0 Å². The molecule has 1 aliphatic rings. The fraction of sp³-hybridized carbons (Fsp3) is 0.417. The largest absolute Gasteiger partial charge is 0.299 e. The molecule has 0 N–H and O–H groups in total. The Bertz CT molecular complexity index is 389. The molecular weight excluding hydrogens is 275 g/mol. The average molecular weight is 288 g/mol. The first kappa shape index (κ1) is 11.2. The van der Waals surface area contributed by atoms with Gasteiger partial charge in [0.1, 0.15) is 5.78 Å². The molecule has 3 heteroatoms. The summed E-state index contributed by atoms with van der Waals surface area (Å²) < 4.78 is 1.05. The Morgan fingerprint density at radius 3 is 2.93 bits per heavy atom. The molecule has 0 bridgehead atoms. The van der Waals surface area contributed by atoms with Crippen molar-refractivity contribution in [3.8, 4) is 0 Å². The Morgan fingerprint density at radius 1 is 1.47 bits per heavy atom. The molecule has 0 saturated heterocycles. The summed E-state index contributed by atoms with van der Waals surface area (Å²) in [5.41, 5.74) is 1.14. The second-order valence-corrected chi connectivity index (χ2v) is 5.29. The maximum Gasteiger partial charge on any atom is 0.136 e. The molecule has 1 atom stereocenters. The van der Waals surface area contributed by atoms with Gasteiger partial charge >= 0.3 is 0 Å². The minimum atomic E-state index is 0.208. The van der Waals surface area contributed by atoms with Crippen molar-refractivity contribution in [1.29, 1.82) is 0 Å². The number of hydrogen-bond acceptors (Lipinski definition) is 1. The van der Waals surface area contributed by atoms with E-state index in [2.05, 4.69) is 15.9 Å². The first-order valence-corrected chi connectivity index (χ1v) is 6.30. The first-order valence-electron chi connectivity index (χ1n) is 5.13. The van der Waals surface area contributed by atoms with Crippen LogP contribution in [0.2, 0.25) is 5.02 Å². The van der Waals surface area contributed by atoms with Crippen LogP contribution in [0.1, 0.15) is 24.8 Å². The molecule has 1 aromatic rings. The van der Waals surface area contributed by atoms with E-state index in [1.807, 2.05) is 18.2 Å². The van der Waals surface area contributed by atoms with Crippen molar-refractivity contribution >= 4 is 33.3 Å². The van der Waals surface area contributed by atoms with Gasteiger partial charge < -0.3 is 0 Å². The number of Topliss-reactive ketones (excluding diaryl/α,β-unsaturated/α-hetero) is 1. The lowest BCUT2D eigenvalue weighted by Gasteiger charge is -2.09. The van der Waals surface area contributed by atoms with E-state index in [0.717, 1.165) is 40.7 Å². The Labute approximate surface area is 103 Å². The Kier molecular flexibility index (Phi) is 3.47. The number of rotatable bonds is 2. The molecule has 1 aromatic carbocycles. The fourth-order valence-electron chi connectivity index (χ4n) is 2.07. The lowest BCUT2D eigenvalue weighted by atomic mass is 9.97. The van der Waals surface area contributed by atoms with E-state index in [1.165, 1.54) is 0 Å². The predicted octanol–water partition coefficient (Wildman–Crippen LogP) is 4.01. The topological polar surface area (TPSA) is 17.1 Å². The van der Waals surface area contributed by atoms with Gasteiger partial charge in [-0.3, -0.25) is 4.79 Å². The molecule has 1 fully saturated rings. The van der Waals surface area contributed by atoms with Gasteiger partial charge in [0.2, 0.25) is 0 Å². The second kappa shape index (κ2) is 4.67. The molecule has 0 heterocycles. The summed E-state index contributed by atoms with van der Waals surface area (Å²) in [5, 5.41) is 0.735. The normalized spacial score (nSPS) is 20.9. The molecular formula is C12H12BrClO. The lowest BCUT2D eigenvalue weighted by molar-refractivity contribution is -0.120. The fourth-order valence-corrected chi connectivity index (χ4v) is 2.67. The van der Waals surface area contributed by atoms with Crippen molar-refractivity contribution in [3.05, 3.63) is 33.3 Å². The van der Waals surface area contributed by atoms with Crippen molar-refractivity contribution in [2.75, 3.05) is 0 Å². The van der Waals surface area contributed by atoms with E-state index in [1.54, 1.807) is 0 Å². The minimum absolute atomic E-state index is 0.208. The van der Waals surface area contributed by atoms with E-state index >= 15 is 0 Å². The quantitative estimate of drug-likeness (QED) is 0.803. The highest BCUT2D eigenvalue weighted by Crippen LogP contribution is 2.29. The number of ketones is 1. The van der Waals surface area contributed by atoms with Crippen LogP contribution < -0.4 is 0 Å². The number of halogens is 2. The van der Waals surface area contributed by atoms with Gasteiger partial charge in [-0.1, -0.05) is 27.5 Å². The summed E-state index contributed by atoms with van der Waals surface area (Å²) in [6.45, 7) is 0. The first-order chi connectivity index (χ1) is 7.16. The van der Waals surface area contributed by atoms with Crippen molar-refractivity contribution in [3.63, 3.8) is 0 Å². The van der Waals surface area contributed by atoms with Crippen LogP contribution in [0.5, 0.6) is 0 Å². The number of carbonyl (C=O) groups is 1. The maximum absolute atomic E-state index is 11.5. The molecule has 0 aromatic heterocycles. The van der Waals surface area contributed by atoms with Crippen LogP contribution in [0, 0.1) is 5.92 Å². The highest BCUT2D eigenvalue weighted by atomic mass is 79.9. The number of hydrogen-bond donors (Lipinski definition) is 0. The minimum Gasteiger partial charge on any atom is -0.299 e. The van der Waals surface area contributed by atoms with E-state index < -0.39 is 0 Å². The molecule has 0 radical (unpaired) electrons. The SMILES string of the molecule is O=C1CCCC1Cc1cc(Cl)ccc1Br. The number of benzene rings is 1. The van der Waals surface area contributed by atoms with Gasteiger partial charge in [-0.25, -0.2) is 0 Å². The Balaban J connectivity index is 2.16. The molecule has 80 valence electrons. The van der Waals surface area contributed by atoms with Crippen molar-refractivity contribution in [1.82, 2.24) is 0 Å². The molecule has 1 unspecified atom stereocenters. The Morgan fingerprint density at radius 2 is 2.27 bits per heavy atom. The van der Waals surface area contributed by atoms with Crippen LogP contribution in [0.25, 0.3) is 0 Å². The molecule has 0 spiro atoms. The van der Waals surface area contributed by atoms with E-state index in [0.29, 0.717) is 5.78 Å². The third-order valence-electron chi connectivity index (χ3n) is 2.91. The van der Waals surface area contributed by atoms with E-state index in [4.69, 9.17) is 11.6 Å². The van der Waals surface area contributed by atoms with E-state index in [-0.39, 0.29) is 5.92 Å². The zero-order valence-electron chi connectivity index (χ0n) is 8.30. The molecule has 0 amide bonds. The van der Waals surface area contributed by atoms with Crippen molar-refractivity contribution in [2.24, 2.45) is 5.92 Å².